The van der Waals surface area contributed by atoms with Gasteiger partial charge < -0.3 is 20.1 Å². The zero-order valence-corrected chi connectivity index (χ0v) is 14.6. The fourth-order valence-electron chi connectivity index (χ4n) is 2.19. The van der Waals surface area contributed by atoms with E-state index in [2.05, 4.69) is 20.6 Å². The van der Waals surface area contributed by atoms with Crippen LogP contribution in [0.5, 0.6) is 5.75 Å². The van der Waals surface area contributed by atoms with Crippen molar-refractivity contribution >= 4 is 11.9 Å². The molecule has 7 heteroatoms. The molecule has 7 nitrogen and oxygen atoms in total. The summed E-state index contributed by atoms with van der Waals surface area (Å²) in [6.45, 7) is 1.89. The van der Waals surface area contributed by atoms with Crippen LogP contribution in [0.15, 0.2) is 36.5 Å². The monoisotopic (exact) mass is 344 g/mol. The predicted molar refractivity (Wildman–Crippen MR) is 96.0 cm³/mol. The van der Waals surface area contributed by atoms with E-state index in [-0.39, 0.29) is 5.91 Å². The van der Waals surface area contributed by atoms with Gasteiger partial charge in [0, 0.05) is 33.0 Å². The SMILES string of the molecule is COCCCNc1nccc(C(=O)NCCc2ccc(OC)cc2)n1. The van der Waals surface area contributed by atoms with Gasteiger partial charge in [0.25, 0.3) is 5.91 Å². The number of ether oxygens (including phenoxy) is 2. The van der Waals surface area contributed by atoms with Gasteiger partial charge >= 0.3 is 0 Å². The molecule has 1 amide bonds. The van der Waals surface area contributed by atoms with Gasteiger partial charge in [0.2, 0.25) is 5.95 Å². The smallest absolute Gasteiger partial charge is 0.270 e. The molecule has 2 rings (SSSR count). The van der Waals surface area contributed by atoms with Crippen LogP contribution in [-0.4, -0.2) is 49.8 Å². The summed E-state index contributed by atoms with van der Waals surface area (Å²) in [7, 11) is 3.30. The van der Waals surface area contributed by atoms with Gasteiger partial charge in [-0.25, -0.2) is 9.97 Å². The van der Waals surface area contributed by atoms with Gasteiger partial charge in [0.05, 0.1) is 7.11 Å². The van der Waals surface area contributed by atoms with Crippen molar-refractivity contribution in [1.29, 1.82) is 0 Å². The first-order valence-corrected chi connectivity index (χ1v) is 8.20. The summed E-state index contributed by atoms with van der Waals surface area (Å²) >= 11 is 0. The number of anilines is 1. The molecule has 0 spiro atoms. The summed E-state index contributed by atoms with van der Waals surface area (Å²) in [5, 5.41) is 5.94. The lowest BCUT2D eigenvalue weighted by molar-refractivity contribution is 0.0949. The van der Waals surface area contributed by atoms with Crippen LogP contribution < -0.4 is 15.4 Å². The largest absolute Gasteiger partial charge is 0.497 e. The van der Waals surface area contributed by atoms with Crippen LogP contribution in [0.4, 0.5) is 5.95 Å². The number of hydrogen-bond donors (Lipinski definition) is 2. The van der Waals surface area contributed by atoms with E-state index in [1.165, 1.54) is 0 Å². The molecular formula is C18H24N4O3. The van der Waals surface area contributed by atoms with Crippen LogP contribution >= 0.6 is 0 Å². The molecule has 0 bridgehead atoms. The Kier molecular flexibility index (Phi) is 7.65. The van der Waals surface area contributed by atoms with Gasteiger partial charge in [0.1, 0.15) is 11.4 Å². The average molecular weight is 344 g/mol. The predicted octanol–water partition coefficient (Wildman–Crippen LogP) is 1.91. The lowest BCUT2D eigenvalue weighted by Gasteiger charge is -2.08. The maximum absolute atomic E-state index is 12.2. The molecule has 0 saturated carbocycles. The summed E-state index contributed by atoms with van der Waals surface area (Å²) in [5.74, 6) is 1.05. The number of carbonyl (C=O) groups excluding carboxylic acids is 1. The van der Waals surface area contributed by atoms with Gasteiger partial charge in [-0.05, 0) is 36.6 Å². The normalized spacial score (nSPS) is 10.3. The Bertz CT molecular complexity index is 662. The van der Waals surface area contributed by atoms with Crippen molar-refractivity contribution in [2.75, 3.05) is 39.2 Å². The molecule has 0 fully saturated rings. The van der Waals surface area contributed by atoms with Crippen LogP contribution in [0.2, 0.25) is 0 Å². The fourth-order valence-corrected chi connectivity index (χ4v) is 2.19. The van der Waals surface area contributed by atoms with E-state index < -0.39 is 0 Å². The molecule has 1 aromatic carbocycles. The first kappa shape index (κ1) is 18.7. The molecule has 25 heavy (non-hydrogen) atoms. The van der Waals surface area contributed by atoms with E-state index in [4.69, 9.17) is 9.47 Å². The van der Waals surface area contributed by atoms with Crippen LogP contribution in [-0.2, 0) is 11.2 Å². The van der Waals surface area contributed by atoms with Gasteiger partial charge in [-0.2, -0.15) is 0 Å². The summed E-state index contributed by atoms with van der Waals surface area (Å²) in [4.78, 5) is 20.5. The molecule has 0 unspecified atom stereocenters. The van der Waals surface area contributed by atoms with Crippen molar-refractivity contribution in [2.45, 2.75) is 12.8 Å². The number of amides is 1. The van der Waals surface area contributed by atoms with Crippen LogP contribution in [0.25, 0.3) is 0 Å². The third kappa shape index (κ3) is 6.39. The van der Waals surface area contributed by atoms with Crippen molar-refractivity contribution < 1.29 is 14.3 Å². The summed E-state index contributed by atoms with van der Waals surface area (Å²) in [6, 6.07) is 9.38. The van der Waals surface area contributed by atoms with Gasteiger partial charge in [-0.1, -0.05) is 12.1 Å². The number of methoxy groups -OCH3 is 2. The molecular weight excluding hydrogens is 320 g/mol. The van der Waals surface area contributed by atoms with Crippen molar-refractivity contribution in [2.24, 2.45) is 0 Å². The van der Waals surface area contributed by atoms with Crippen LogP contribution in [0.1, 0.15) is 22.5 Å². The highest BCUT2D eigenvalue weighted by Crippen LogP contribution is 2.11. The van der Waals surface area contributed by atoms with Crippen LogP contribution in [0.3, 0.4) is 0 Å². The Morgan fingerprint density at radius 3 is 2.64 bits per heavy atom. The zero-order chi connectivity index (χ0) is 17.9. The highest BCUT2D eigenvalue weighted by Gasteiger charge is 2.08. The molecule has 134 valence electrons. The Hall–Kier alpha value is -2.67. The number of carbonyl (C=O) groups is 1. The number of benzene rings is 1. The van der Waals surface area contributed by atoms with Gasteiger partial charge in [-0.3, -0.25) is 4.79 Å². The van der Waals surface area contributed by atoms with Gasteiger partial charge in [0.15, 0.2) is 0 Å². The minimum atomic E-state index is -0.212. The van der Waals surface area contributed by atoms with Crippen molar-refractivity contribution in [3.05, 3.63) is 47.8 Å². The number of nitrogens with one attached hydrogen (secondary N) is 2. The lowest BCUT2D eigenvalue weighted by Crippen LogP contribution is -2.27. The maximum Gasteiger partial charge on any atom is 0.270 e. The highest BCUT2D eigenvalue weighted by atomic mass is 16.5. The molecule has 0 atom stereocenters. The van der Waals surface area contributed by atoms with E-state index in [0.29, 0.717) is 31.3 Å². The fraction of sp³-hybridized carbons (Fsp3) is 0.389. The van der Waals surface area contributed by atoms with E-state index in [0.717, 1.165) is 24.2 Å². The quantitative estimate of drug-likeness (QED) is 0.641. The summed E-state index contributed by atoms with van der Waals surface area (Å²) < 4.78 is 10.1. The second-order valence-electron chi connectivity index (χ2n) is 5.39. The van der Waals surface area contributed by atoms with E-state index >= 15 is 0 Å². The first-order chi connectivity index (χ1) is 12.2. The number of nitrogens with zero attached hydrogens (tertiary/aromatic N) is 2. The molecule has 0 aliphatic heterocycles. The highest BCUT2D eigenvalue weighted by molar-refractivity contribution is 5.92. The van der Waals surface area contributed by atoms with Gasteiger partial charge in [-0.15, -0.1) is 0 Å². The third-order valence-corrected chi connectivity index (χ3v) is 3.55. The average Bonchev–Trinajstić information content (AvgIpc) is 2.66. The van der Waals surface area contributed by atoms with E-state index in [9.17, 15) is 4.79 Å². The minimum absolute atomic E-state index is 0.212. The summed E-state index contributed by atoms with van der Waals surface area (Å²) in [5.41, 5.74) is 1.48. The molecule has 0 radical (unpaired) electrons. The molecule has 1 heterocycles. The molecule has 0 saturated heterocycles. The topological polar surface area (TPSA) is 85.4 Å². The van der Waals surface area contributed by atoms with E-state index in [1.807, 2.05) is 24.3 Å². The Balaban J connectivity index is 1.79. The maximum atomic E-state index is 12.2. The summed E-state index contributed by atoms with van der Waals surface area (Å²) in [6.07, 6.45) is 3.16. The van der Waals surface area contributed by atoms with Crippen molar-refractivity contribution in [3.63, 3.8) is 0 Å². The second kappa shape index (κ2) is 10.2. The molecule has 1 aromatic heterocycles. The second-order valence-corrected chi connectivity index (χ2v) is 5.39. The number of aromatic nitrogens is 2. The molecule has 2 aromatic rings. The standard InChI is InChI=1S/C18H24N4O3/c1-24-13-3-10-20-18-21-12-9-16(22-18)17(23)19-11-8-14-4-6-15(25-2)7-5-14/h4-7,9,12H,3,8,10-11,13H2,1-2H3,(H,19,23)(H,20,21,22). The Labute approximate surface area is 147 Å². The first-order valence-electron chi connectivity index (χ1n) is 8.20. The molecule has 0 aliphatic carbocycles. The van der Waals surface area contributed by atoms with Crippen molar-refractivity contribution in [3.8, 4) is 5.75 Å². The molecule has 2 N–H and O–H groups in total. The molecule has 0 aliphatic rings. The van der Waals surface area contributed by atoms with Crippen LogP contribution in [0, 0.1) is 0 Å². The van der Waals surface area contributed by atoms with E-state index in [1.54, 1.807) is 26.5 Å². The Morgan fingerprint density at radius 2 is 1.92 bits per heavy atom. The zero-order valence-electron chi connectivity index (χ0n) is 14.6. The number of hydrogen-bond acceptors (Lipinski definition) is 6. The minimum Gasteiger partial charge on any atom is -0.497 e. The lowest BCUT2D eigenvalue weighted by atomic mass is 10.1. The Morgan fingerprint density at radius 1 is 1.12 bits per heavy atom. The van der Waals surface area contributed by atoms with Crippen molar-refractivity contribution in [1.82, 2.24) is 15.3 Å². The third-order valence-electron chi connectivity index (χ3n) is 3.55. The number of rotatable bonds is 10.